The van der Waals surface area contributed by atoms with Gasteiger partial charge in [-0.15, -0.1) is 0 Å². The minimum absolute atomic E-state index is 0.613. The van der Waals surface area contributed by atoms with Crippen LogP contribution in [0.3, 0.4) is 0 Å². The summed E-state index contributed by atoms with van der Waals surface area (Å²) in [6, 6.07) is 6.01. The van der Waals surface area contributed by atoms with Crippen LogP contribution >= 0.6 is 34.9 Å². The lowest BCUT2D eigenvalue weighted by molar-refractivity contribution is 0.966. The molecule has 2 rings (SSSR count). The summed E-state index contributed by atoms with van der Waals surface area (Å²) in [4.78, 5) is 5.38. The zero-order valence-corrected chi connectivity index (χ0v) is 11.7. The Morgan fingerprint density at radius 1 is 1.47 bits per heavy atom. The highest BCUT2D eigenvalue weighted by atomic mass is 35.5. The van der Waals surface area contributed by atoms with E-state index in [9.17, 15) is 0 Å². The molecule has 0 aliphatic carbocycles. The second-order valence-corrected chi connectivity index (χ2v) is 5.98. The molecule has 0 saturated carbocycles. The van der Waals surface area contributed by atoms with Crippen LogP contribution in [-0.4, -0.2) is 15.9 Å². The number of nitrogens with zero attached hydrogens (tertiary/aromatic N) is 2. The topological polar surface area (TPSA) is 51.8 Å². The maximum Gasteiger partial charge on any atom is 0.174 e. The molecular formula is C11H12ClN3S2. The third kappa shape index (κ3) is 3.42. The Balaban J connectivity index is 2.14. The molecule has 0 atom stereocenters. The van der Waals surface area contributed by atoms with E-state index in [4.69, 9.17) is 17.3 Å². The Hall–Kier alpha value is -0.620. The molecular weight excluding hydrogens is 274 g/mol. The van der Waals surface area contributed by atoms with Gasteiger partial charge in [0.25, 0.3) is 0 Å². The van der Waals surface area contributed by atoms with E-state index >= 15 is 0 Å². The molecule has 2 aromatic rings. The zero-order valence-electron chi connectivity index (χ0n) is 9.31. The molecule has 0 amide bonds. The van der Waals surface area contributed by atoms with Crippen molar-refractivity contribution in [3.05, 3.63) is 34.6 Å². The van der Waals surface area contributed by atoms with E-state index in [1.165, 1.54) is 11.5 Å². The van der Waals surface area contributed by atoms with Crippen LogP contribution in [0.15, 0.2) is 27.4 Å². The Bertz CT molecular complexity index is 513. The van der Waals surface area contributed by atoms with Crippen LogP contribution < -0.4 is 5.73 Å². The van der Waals surface area contributed by atoms with Crippen LogP contribution in [0.25, 0.3) is 0 Å². The van der Waals surface area contributed by atoms with Gasteiger partial charge in [0, 0.05) is 9.92 Å². The van der Waals surface area contributed by atoms with Crippen molar-refractivity contribution in [2.75, 3.05) is 6.54 Å². The van der Waals surface area contributed by atoms with Crippen LogP contribution in [-0.2, 0) is 6.42 Å². The Morgan fingerprint density at radius 2 is 2.29 bits per heavy atom. The molecule has 1 aromatic carbocycles. The third-order valence-corrected chi connectivity index (χ3v) is 4.34. The molecule has 17 heavy (non-hydrogen) atoms. The number of halogens is 1. The summed E-state index contributed by atoms with van der Waals surface area (Å²) in [7, 11) is 0. The van der Waals surface area contributed by atoms with Crippen LogP contribution in [0.4, 0.5) is 0 Å². The van der Waals surface area contributed by atoms with Crippen molar-refractivity contribution in [1.82, 2.24) is 9.36 Å². The average molecular weight is 286 g/mol. The molecule has 0 aliphatic rings. The summed E-state index contributed by atoms with van der Waals surface area (Å²) in [6.07, 6.45) is 0.807. The smallest absolute Gasteiger partial charge is 0.174 e. The maximum absolute atomic E-state index is 6.18. The summed E-state index contributed by atoms with van der Waals surface area (Å²) in [5, 5.41) is 0.765. The van der Waals surface area contributed by atoms with Gasteiger partial charge in [0.05, 0.1) is 0 Å². The second-order valence-electron chi connectivity index (χ2n) is 3.50. The first-order valence-electron chi connectivity index (χ1n) is 5.15. The maximum atomic E-state index is 6.18. The Labute approximate surface area is 114 Å². The van der Waals surface area contributed by atoms with Crippen LogP contribution in [0.1, 0.15) is 11.4 Å². The Kier molecular flexibility index (Phi) is 4.39. The number of hydrogen-bond donors (Lipinski definition) is 1. The van der Waals surface area contributed by atoms with E-state index in [-0.39, 0.29) is 0 Å². The van der Waals surface area contributed by atoms with E-state index in [0.29, 0.717) is 6.54 Å². The van der Waals surface area contributed by atoms with E-state index in [0.717, 1.165) is 32.1 Å². The molecule has 0 saturated heterocycles. The molecule has 2 N–H and O–H groups in total. The minimum Gasteiger partial charge on any atom is -0.330 e. The molecule has 3 nitrogen and oxygen atoms in total. The third-order valence-electron chi connectivity index (χ3n) is 2.15. The molecule has 90 valence electrons. The first kappa shape index (κ1) is 12.8. The van der Waals surface area contributed by atoms with E-state index in [1.54, 1.807) is 11.8 Å². The summed E-state index contributed by atoms with van der Waals surface area (Å²) >= 11 is 9.16. The predicted molar refractivity (Wildman–Crippen MR) is 73.0 cm³/mol. The fourth-order valence-corrected chi connectivity index (χ4v) is 3.38. The van der Waals surface area contributed by atoms with Crippen molar-refractivity contribution in [3.63, 3.8) is 0 Å². The predicted octanol–water partition coefficient (Wildman–Crippen LogP) is 3.15. The van der Waals surface area contributed by atoms with Gasteiger partial charge in [-0.05, 0) is 49.1 Å². The number of aromatic nitrogens is 2. The number of hydrogen-bond acceptors (Lipinski definition) is 5. The van der Waals surface area contributed by atoms with Gasteiger partial charge in [-0.2, -0.15) is 4.37 Å². The Morgan fingerprint density at radius 3 is 2.88 bits per heavy atom. The van der Waals surface area contributed by atoms with Crippen LogP contribution in [0, 0.1) is 6.92 Å². The SMILES string of the molecule is Cc1nsc(Sc2ccc(CCN)c(Cl)c2)n1. The lowest BCUT2D eigenvalue weighted by Gasteiger charge is -2.04. The van der Waals surface area contributed by atoms with Crippen molar-refractivity contribution in [1.29, 1.82) is 0 Å². The van der Waals surface area contributed by atoms with Gasteiger partial charge in [0.1, 0.15) is 5.82 Å². The minimum atomic E-state index is 0.613. The highest BCUT2D eigenvalue weighted by Gasteiger charge is 2.06. The standard InChI is InChI=1S/C11H12ClN3S2/c1-7-14-11(17-15-7)16-9-3-2-8(4-5-13)10(12)6-9/h2-3,6H,4-5,13H2,1H3. The molecule has 0 unspecified atom stereocenters. The van der Waals surface area contributed by atoms with Crippen molar-refractivity contribution in [3.8, 4) is 0 Å². The van der Waals surface area contributed by atoms with Crippen molar-refractivity contribution < 1.29 is 0 Å². The highest BCUT2D eigenvalue weighted by Crippen LogP contribution is 2.31. The molecule has 6 heteroatoms. The fraction of sp³-hybridized carbons (Fsp3) is 0.273. The van der Waals surface area contributed by atoms with Gasteiger partial charge in [-0.25, -0.2) is 4.98 Å². The summed E-state index contributed by atoms with van der Waals surface area (Å²) in [5.41, 5.74) is 6.60. The first-order valence-corrected chi connectivity index (χ1v) is 7.12. The van der Waals surface area contributed by atoms with E-state index in [2.05, 4.69) is 9.36 Å². The molecule has 1 heterocycles. The lowest BCUT2D eigenvalue weighted by Crippen LogP contribution is -2.02. The van der Waals surface area contributed by atoms with Gasteiger partial charge in [0.15, 0.2) is 4.34 Å². The van der Waals surface area contributed by atoms with Crippen molar-refractivity contribution in [2.24, 2.45) is 5.73 Å². The lowest BCUT2D eigenvalue weighted by atomic mass is 10.1. The van der Waals surface area contributed by atoms with Crippen LogP contribution in [0.5, 0.6) is 0 Å². The zero-order chi connectivity index (χ0) is 12.3. The summed E-state index contributed by atoms with van der Waals surface area (Å²) in [5.74, 6) is 0.809. The first-order chi connectivity index (χ1) is 8.19. The molecule has 0 aliphatic heterocycles. The van der Waals surface area contributed by atoms with Gasteiger partial charge < -0.3 is 5.73 Å². The average Bonchev–Trinajstić information content (AvgIpc) is 2.68. The number of rotatable bonds is 4. The summed E-state index contributed by atoms with van der Waals surface area (Å²) < 4.78 is 5.08. The quantitative estimate of drug-likeness (QED) is 0.937. The molecule has 0 spiro atoms. The largest absolute Gasteiger partial charge is 0.330 e. The number of aryl methyl sites for hydroxylation is 1. The van der Waals surface area contributed by atoms with E-state index < -0.39 is 0 Å². The van der Waals surface area contributed by atoms with Crippen molar-refractivity contribution in [2.45, 2.75) is 22.6 Å². The molecule has 1 aromatic heterocycles. The molecule has 0 fully saturated rings. The van der Waals surface area contributed by atoms with E-state index in [1.807, 2.05) is 25.1 Å². The molecule has 0 bridgehead atoms. The normalized spacial score (nSPS) is 10.8. The van der Waals surface area contributed by atoms with Gasteiger partial charge >= 0.3 is 0 Å². The van der Waals surface area contributed by atoms with Gasteiger partial charge in [0.2, 0.25) is 0 Å². The molecule has 0 radical (unpaired) electrons. The highest BCUT2D eigenvalue weighted by molar-refractivity contribution is 8.01. The summed E-state index contributed by atoms with van der Waals surface area (Å²) in [6.45, 7) is 2.50. The monoisotopic (exact) mass is 285 g/mol. The van der Waals surface area contributed by atoms with Crippen molar-refractivity contribution >= 4 is 34.9 Å². The number of nitrogens with two attached hydrogens (primary N) is 1. The van der Waals surface area contributed by atoms with Crippen LogP contribution in [0.2, 0.25) is 5.02 Å². The van der Waals surface area contributed by atoms with Gasteiger partial charge in [-0.1, -0.05) is 29.4 Å². The van der Waals surface area contributed by atoms with Gasteiger partial charge in [-0.3, -0.25) is 0 Å². The fourth-order valence-electron chi connectivity index (χ4n) is 1.37. The number of benzene rings is 1. The second kappa shape index (κ2) is 5.82.